The third-order valence-electron chi connectivity index (χ3n) is 4.75. The largest absolute Gasteiger partial charge is 0.494 e. The van der Waals surface area contributed by atoms with Crippen molar-refractivity contribution in [3.05, 3.63) is 66.7 Å². The van der Waals surface area contributed by atoms with Gasteiger partial charge < -0.3 is 14.2 Å². The van der Waals surface area contributed by atoms with Gasteiger partial charge >= 0.3 is 5.97 Å². The summed E-state index contributed by atoms with van der Waals surface area (Å²) in [6.07, 6.45) is 7.13. The fraction of sp³-hybridized carbons (Fsp3) is 0.400. The Morgan fingerprint density at radius 3 is 2.07 bits per heavy atom. The van der Waals surface area contributed by atoms with Crippen LogP contribution in [0.25, 0.3) is 0 Å². The van der Waals surface area contributed by atoms with Gasteiger partial charge in [0, 0.05) is 0 Å². The molecule has 0 spiro atoms. The number of benzene rings is 2. The molecule has 29 heavy (non-hydrogen) atoms. The molecule has 156 valence electrons. The quantitative estimate of drug-likeness (QED) is 0.169. The standard InChI is InChI=1S/C25H32O4/c1-4-6-7-18-27-23-14-16-24(17-15-23)29-25(26)21-10-12-22(13-11-21)28-19-8-9-20(3)5-2/h4,10-17,20H,1,5-9,18-19H2,2-3H3. The molecule has 2 aromatic rings. The summed E-state index contributed by atoms with van der Waals surface area (Å²) in [7, 11) is 0. The zero-order valence-corrected chi connectivity index (χ0v) is 17.6. The highest BCUT2D eigenvalue weighted by atomic mass is 16.5. The van der Waals surface area contributed by atoms with Crippen LogP contribution in [0.1, 0.15) is 56.3 Å². The Labute approximate surface area is 174 Å². The maximum absolute atomic E-state index is 12.3. The number of hydrogen-bond acceptors (Lipinski definition) is 4. The van der Waals surface area contributed by atoms with Crippen molar-refractivity contribution in [1.29, 1.82) is 0 Å². The Hall–Kier alpha value is -2.75. The first-order valence-corrected chi connectivity index (χ1v) is 10.4. The zero-order valence-electron chi connectivity index (χ0n) is 17.6. The van der Waals surface area contributed by atoms with E-state index in [9.17, 15) is 4.79 Å². The van der Waals surface area contributed by atoms with Gasteiger partial charge in [-0.3, -0.25) is 0 Å². The Bertz CT molecular complexity index is 734. The van der Waals surface area contributed by atoms with E-state index >= 15 is 0 Å². The van der Waals surface area contributed by atoms with Crippen LogP contribution < -0.4 is 14.2 Å². The van der Waals surface area contributed by atoms with Crippen LogP contribution in [-0.2, 0) is 0 Å². The molecule has 1 unspecified atom stereocenters. The van der Waals surface area contributed by atoms with Gasteiger partial charge in [0.05, 0.1) is 18.8 Å². The van der Waals surface area contributed by atoms with Crippen molar-refractivity contribution in [3.63, 3.8) is 0 Å². The van der Waals surface area contributed by atoms with Crippen LogP contribution in [-0.4, -0.2) is 19.2 Å². The van der Waals surface area contributed by atoms with E-state index in [4.69, 9.17) is 14.2 Å². The minimum atomic E-state index is -0.395. The molecular weight excluding hydrogens is 364 g/mol. The number of allylic oxidation sites excluding steroid dienone is 1. The lowest BCUT2D eigenvalue weighted by molar-refractivity contribution is 0.0734. The number of esters is 1. The first-order valence-electron chi connectivity index (χ1n) is 10.4. The molecule has 0 saturated heterocycles. The highest BCUT2D eigenvalue weighted by Crippen LogP contribution is 2.20. The number of ether oxygens (including phenoxy) is 3. The average Bonchev–Trinajstić information content (AvgIpc) is 2.75. The predicted molar refractivity (Wildman–Crippen MR) is 117 cm³/mol. The fourth-order valence-corrected chi connectivity index (χ4v) is 2.70. The van der Waals surface area contributed by atoms with Crippen molar-refractivity contribution in [3.8, 4) is 17.2 Å². The minimum Gasteiger partial charge on any atom is -0.494 e. The lowest BCUT2D eigenvalue weighted by atomic mass is 10.0. The van der Waals surface area contributed by atoms with Crippen LogP contribution in [0.15, 0.2) is 61.2 Å². The molecule has 2 aromatic carbocycles. The van der Waals surface area contributed by atoms with E-state index in [0.717, 1.165) is 36.7 Å². The molecule has 4 nitrogen and oxygen atoms in total. The Balaban J connectivity index is 1.77. The summed E-state index contributed by atoms with van der Waals surface area (Å²) < 4.78 is 16.8. The van der Waals surface area contributed by atoms with E-state index in [2.05, 4.69) is 20.4 Å². The van der Waals surface area contributed by atoms with Crippen molar-refractivity contribution in [1.82, 2.24) is 0 Å². The molecule has 0 aliphatic carbocycles. The molecule has 4 heteroatoms. The summed E-state index contributed by atoms with van der Waals surface area (Å²) >= 11 is 0. The van der Waals surface area contributed by atoms with E-state index < -0.39 is 5.97 Å². The van der Waals surface area contributed by atoms with Crippen LogP contribution in [0.4, 0.5) is 0 Å². The molecule has 0 bridgehead atoms. The molecule has 1 atom stereocenters. The highest BCUT2D eigenvalue weighted by Gasteiger charge is 2.09. The van der Waals surface area contributed by atoms with Gasteiger partial charge in [-0.1, -0.05) is 26.3 Å². The van der Waals surface area contributed by atoms with Crippen LogP contribution in [0, 0.1) is 5.92 Å². The summed E-state index contributed by atoms with van der Waals surface area (Å²) in [5.74, 6) is 2.34. The van der Waals surface area contributed by atoms with Gasteiger partial charge in [0.2, 0.25) is 0 Å². The Morgan fingerprint density at radius 2 is 1.48 bits per heavy atom. The topological polar surface area (TPSA) is 44.8 Å². The minimum absolute atomic E-state index is 0.395. The van der Waals surface area contributed by atoms with Gasteiger partial charge in [0.1, 0.15) is 17.2 Å². The van der Waals surface area contributed by atoms with Crippen LogP contribution in [0.3, 0.4) is 0 Å². The van der Waals surface area contributed by atoms with Crippen molar-refractivity contribution >= 4 is 5.97 Å². The van der Waals surface area contributed by atoms with E-state index in [1.54, 1.807) is 48.5 Å². The van der Waals surface area contributed by atoms with Crippen molar-refractivity contribution in [2.75, 3.05) is 13.2 Å². The first-order chi connectivity index (χ1) is 14.1. The lowest BCUT2D eigenvalue weighted by Gasteiger charge is -2.10. The summed E-state index contributed by atoms with van der Waals surface area (Å²) in [6.45, 7) is 9.48. The first kappa shape index (κ1) is 22.5. The number of hydrogen-bond donors (Lipinski definition) is 0. The lowest BCUT2D eigenvalue weighted by Crippen LogP contribution is -2.08. The second kappa shape index (κ2) is 12.7. The maximum atomic E-state index is 12.3. The highest BCUT2D eigenvalue weighted by molar-refractivity contribution is 5.91. The van der Waals surface area contributed by atoms with Gasteiger partial charge in [-0.05, 0) is 80.1 Å². The summed E-state index contributed by atoms with van der Waals surface area (Å²) in [5.41, 5.74) is 0.488. The molecular formula is C25H32O4. The van der Waals surface area contributed by atoms with E-state index in [0.29, 0.717) is 24.5 Å². The van der Waals surface area contributed by atoms with Crippen molar-refractivity contribution in [2.45, 2.75) is 46.0 Å². The summed E-state index contributed by atoms with van der Waals surface area (Å²) in [4.78, 5) is 12.3. The molecule has 0 saturated carbocycles. The SMILES string of the molecule is C=CCCCOc1ccc(OC(=O)c2ccc(OCCCC(C)CC)cc2)cc1. The Kier molecular flexibility index (Phi) is 9.84. The van der Waals surface area contributed by atoms with Gasteiger partial charge in [0.15, 0.2) is 0 Å². The number of rotatable bonds is 13. The van der Waals surface area contributed by atoms with Crippen molar-refractivity contribution < 1.29 is 19.0 Å². The molecule has 0 fully saturated rings. The number of carbonyl (C=O) groups excluding carboxylic acids is 1. The van der Waals surface area contributed by atoms with Crippen LogP contribution in [0.5, 0.6) is 17.2 Å². The Morgan fingerprint density at radius 1 is 0.931 bits per heavy atom. The van der Waals surface area contributed by atoms with E-state index in [1.165, 1.54) is 12.8 Å². The normalized spacial score (nSPS) is 11.5. The maximum Gasteiger partial charge on any atom is 0.343 e. The number of unbranched alkanes of at least 4 members (excludes halogenated alkanes) is 1. The van der Waals surface area contributed by atoms with E-state index in [-0.39, 0.29) is 0 Å². The van der Waals surface area contributed by atoms with Gasteiger partial charge in [-0.15, -0.1) is 6.58 Å². The second-order valence-electron chi connectivity index (χ2n) is 7.17. The molecule has 0 amide bonds. The van der Waals surface area contributed by atoms with Crippen molar-refractivity contribution in [2.24, 2.45) is 5.92 Å². The molecule has 0 aliphatic rings. The summed E-state index contributed by atoms with van der Waals surface area (Å²) in [5, 5.41) is 0. The van der Waals surface area contributed by atoms with Crippen LogP contribution >= 0.6 is 0 Å². The molecule has 0 heterocycles. The average molecular weight is 397 g/mol. The molecule has 0 N–H and O–H groups in total. The zero-order chi connectivity index (χ0) is 20.9. The molecule has 0 aliphatic heterocycles. The molecule has 2 rings (SSSR count). The fourth-order valence-electron chi connectivity index (χ4n) is 2.70. The molecule has 0 radical (unpaired) electrons. The predicted octanol–water partition coefficient (Wildman–Crippen LogP) is 6.46. The van der Waals surface area contributed by atoms with Gasteiger partial charge in [-0.2, -0.15) is 0 Å². The third-order valence-corrected chi connectivity index (χ3v) is 4.75. The van der Waals surface area contributed by atoms with Gasteiger partial charge in [-0.25, -0.2) is 4.79 Å². The van der Waals surface area contributed by atoms with Gasteiger partial charge in [0.25, 0.3) is 0 Å². The smallest absolute Gasteiger partial charge is 0.343 e. The van der Waals surface area contributed by atoms with E-state index in [1.807, 2.05) is 6.08 Å². The van der Waals surface area contributed by atoms with Crippen LogP contribution in [0.2, 0.25) is 0 Å². The third kappa shape index (κ3) is 8.43. The number of carbonyl (C=O) groups is 1. The monoisotopic (exact) mass is 396 g/mol. The second-order valence-corrected chi connectivity index (χ2v) is 7.17. The summed E-state index contributed by atoms with van der Waals surface area (Å²) in [6, 6.07) is 14.1. The molecule has 0 aromatic heterocycles.